The Labute approximate surface area is 194 Å². The Balaban J connectivity index is 1.35. The molecule has 0 spiro atoms. The van der Waals surface area contributed by atoms with Crippen LogP contribution in [-0.2, 0) is 4.79 Å². The monoisotopic (exact) mass is 445 g/mol. The van der Waals surface area contributed by atoms with Crippen molar-refractivity contribution >= 4 is 28.5 Å². The molecule has 1 saturated heterocycles. The van der Waals surface area contributed by atoms with Crippen LogP contribution in [0.1, 0.15) is 57.1 Å². The minimum atomic E-state index is 0.227. The van der Waals surface area contributed by atoms with E-state index in [0.29, 0.717) is 17.5 Å². The van der Waals surface area contributed by atoms with Crippen LogP contribution in [0.15, 0.2) is 35.1 Å². The molecule has 0 bridgehead atoms. The van der Waals surface area contributed by atoms with Crippen molar-refractivity contribution in [1.82, 2.24) is 14.9 Å². The molecule has 2 aliphatic carbocycles. The summed E-state index contributed by atoms with van der Waals surface area (Å²) in [4.78, 5) is 26.8. The van der Waals surface area contributed by atoms with Gasteiger partial charge < -0.3 is 20.0 Å². The highest BCUT2D eigenvalue weighted by Gasteiger charge is 2.39. The minimum Gasteiger partial charge on any atom is -0.443 e. The van der Waals surface area contributed by atoms with Gasteiger partial charge in [0, 0.05) is 48.6 Å². The van der Waals surface area contributed by atoms with Crippen molar-refractivity contribution < 1.29 is 9.21 Å². The number of para-hydroxylation sites is 1. The third kappa shape index (κ3) is 3.73. The number of carbonyl (C=O) groups is 1. The lowest BCUT2D eigenvalue weighted by atomic mass is 9.99. The van der Waals surface area contributed by atoms with Crippen molar-refractivity contribution in [3.8, 4) is 11.1 Å². The fraction of sp³-hybridized carbons (Fsp3) is 0.500. The quantitative estimate of drug-likeness (QED) is 0.598. The summed E-state index contributed by atoms with van der Waals surface area (Å²) < 4.78 is 5.72. The Morgan fingerprint density at radius 1 is 1.18 bits per heavy atom. The smallest absolute Gasteiger partial charge is 0.226 e. The summed E-state index contributed by atoms with van der Waals surface area (Å²) in [5.74, 6) is 1.94. The molecule has 2 N–H and O–H groups in total. The summed E-state index contributed by atoms with van der Waals surface area (Å²) in [5.41, 5.74) is 12.1. The van der Waals surface area contributed by atoms with Crippen LogP contribution in [0.5, 0.6) is 0 Å². The van der Waals surface area contributed by atoms with Crippen LogP contribution < -0.4 is 10.6 Å². The van der Waals surface area contributed by atoms with Gasteiger partial charge in [0.05, 0.1) is 11.4 Å². The van der Waals surface area contributed by atoms with Crippen molar-refractivity contribution in [2.24, 2.45) is 5.92 Å². The second-order valence-electron chi connectivity index (χ2n) is 9.81. The number of anilines is 2. The maximum atomic E-state index is 12.8. The number of nitrogen functional groups attached to an aromatic ring is 1. The second-order valence-corrected chi connectivity index (χ2v) is 9.81. The highest BCUT2D eigenvalue weighted by Crippen LogP contribution is 2.46. The standard InChI is InChI=1S/C26H31N5O2/c1-2-4-18-14-30(11-12-31(18)26(32)17-9-10-17)25-21(27)13-20(23(29-25)16-7-8-16)19-5-3-6-22-24(19)33-15-28-22/h3,5-6,13,15-18H,2,4,7-12,14,27H2,1H3/t18-/m1/s1. The van der Waals surface area contributed by atoms with Crippen LogP contribution in [0.3, 0.4) is 0 Å². The van der Waals surface area contributed by atoms with E-state index in [-0.39, 0.29) is 12.0 Å². The number of rotatable bonds is 6. The number of hydrogen-bond donors (Lipinski definition) is 1. The zero-order chi connectivity index (χ0) is 22.5. The summed E-state index contributed by atoms with van der Waals surface area (Å²) >= 11 is 0. The number of benzene rings is 1. The van der Waals surface area contributed by atoms with Gasteiger partial charge in [0.25, 0.3) is 0 Å². The number of oxazole rings is 1. The molecule has 1 aliphatic heterocycles. The van der Waals surface area contributed by atoms with E-state index in [9.17, 15) is 4.79 Å². The van der Waals surface area contributed by atoms with E-state index in [1.807, 2.05) is 12.1 Å². The number of hydrogen-bond acceptors (Lipinski definition) is 6. The first-order valence-electron chi connectivity index (χ1n) is 12.3. The van der Waals surface area contributed by atoms with Gasteiger partial charge in [0.1, 0.15) is 5.52 Å². The van der Waals surface area contributed by atoms with Gasteiger partial charge in [0.15, 0.2) is 17.8 Å². The number of nitrogens with zero attached hydrogens (tertiary/aromatic N) is 4. The zero-order valence-corrected chi connectivity index (χ0v) is 19.2. The van der Waals surface area contributed by atoms with Crippen molar-refractivity contribution in [2.75, 3.05) is 30.3 Å². The molecule has 0 radical (unpaired) electrons. The third-order valence-electron chi connectivity index (χ3n) is 7.28. The van der Waals surface area contributed by atoms with Gasteiger partial charge in [-0.2, -0.15) is 0 Å². The third-order valence-corrected chi connectivity index (χ3v) is 7.28. The molecule has 1 atom stereocenters. The maximum absolute atomic E-state index is 12.8. The van der Waals surface area contributed by atoms with Gasteiger partial charge in [-0.25, -0.2) is 9.97 Å². The predicted octanol–water partition coefficient (Wildman–Crippen LogP) is 4.58. The van der Waals surface area contributed by atoms with E-state index in [1.54, 1.807) is 0 Å². The molecule has 0 unspecified atom stereocenters. The van der Waals surface area contributed by atoms with E-state index < -0.39 is 0 Å². The van der Waals surface area contributed by atoms with E-state index in [0.717, 1.165) is 91.9 Å². The van der Waals surface area contributed by atoms with Crippen LogP contribution in [0, 0.1) is 5.92 Å². The summed E-state index contributed by atoms with van der Waals surface area (Å²) in [5, 5.41) is 0. The fourth-order valence-corrected chi connectivity index (χ4v) is 5.25. The molecular weight excluding hydrogens is 414 g/mol. The van der Waals surface area contributed by atoms with Crippen molar-refractivity contribution in [2.45, 2.75) is 57.4 Å². The molecule has 1 aromatic carbocycles. The van der Waals surface area contributed by atoms with Gasteiger partial charge in [-0.15, -0.1) is 0 Å². The number of aromatic nitrogens is 2. The van der Waals surface area contributed by atoms with Crippen molar-refractivity contribution in [3.63, 3.8) is 0 Å². The molecule has 1 amide bonds. The molecule has 6 rings (SSSR count). The Hall–Kier alpha value is -3.09. The van der Waals surface area contributed by atoms with E-state index >= 15 is 0 Å². The molecule has 3 fully saturated rings. The molecule has 172 valence electrons. The van der Waals surface area contributed by atoms with Crippen LogP contribution in [-0.4, -0.2) is 46.5 Å². The molecular formula is C26H31N5O2. The summed E-state index contributed by atoms with van der Waals surface area (Å²) in [6.07, 6.45) is 7.97. The van der Waals surface area contributed by atoms with Gasteiger partial charge in [-0.1, -0.05) is 25.5 Å². The first-order chi connectivity index (χ1) is 16.1. The molecule has 7 nitrogen and oxygen atoms in total. The Bertz CT molecular complexity index is 1200. The molecule has 33 heavy (non-hydrogen) atoms. The highest BCUT2D eigenvalue weighted by atomic mass is 16.3. The first kappa shape index (κ1) is 20.5. The Kier molecular flexibility index (Phi) is 5.00. The highest BCUT2D eigenvalue weighted by molar-refractivity contribution is 5.92. The fourth-order valence-electron chi connectivity index (χ4n) is 5.25. The molecule has 3 aromatic rings. The minimum absolute atomic E-state index is 0.227. The lowest BCUT2D eigenvalue weighted by Gasteiger charge is -2.42. The average Bonchev–Trinajstić information content (AvgIpc) is 3.76. The largest absolute Gasteiger partial charge is 0.443 e. The van der Waals surface area contributed by atoms with E-state index in [4.69, 9.17) is 15.1 Å². The van der Waals surface area contributed by atoms with Crippen molar-refractivity contribution in [3.05, 3.63) is 36.4 Å². The first-order valence-corrected chi connectivity index (χ1v) is 12.3. The van der Waals surface area contributed by atoms with Gasteiger partial charge >= 0.3 is 0 Å². The SMILES string of the molecule is CCC[C@@H]1CN(c2nc(C3CC3)c(-c3cccc4ncoc34)cc2N)CCN1C(=O)C1CC1. The Morgan fingerprint density at radius 2 is 2.03 bits per heavy atom. The molecule has 3 aliphatic rings. The van der Waals surface area contributed by atoms with Gasteiger partial charge in [-0.05, 0) is 44.2 Å². The lowest BCUT2D eigenvalue weighted by molar-refractivity contribution is -0.135. The second kappa shape index (κ2) is 8.04. The van der Waals surface area contributed by atoms with Crippen LogP contribution in [0.4, 0.5) is 11.5 Å². The van der Waals surface area contributed by atoms with E-state index in [2.05, 4.69) is 33.8 Å². The van der Waals surface area contributed by atoms with Crippen LogP contribution >= 0.6 is 0 Å². The summed E-state index contributed by atoms with van der Waals surface area (Å²) in [7, 11) is 0. The van der Waals surface area contributed by atoms with Crippen LogP contribution in [0.25, 0.3) is 22.2 Å². The number of amides is 1. The zero-order valence-electron chi connectivity index (χ0n) is 19.2. The number of fused-ring (bicyclic) bond motifs is 1. The molecule has 2 saturated carbocycles. The number of nitrogens with two attached hydrogens (primary N) is 1. The van der Waals surface area contributed by atoms with Gasteiger partial charge in [-0.3, -0.25) is 4.79 Å². The maximum Gasteiger partial charge on any atom is 0.226 e. The topological polar surface area (TPSA) is 88.5 Å². The summed E-state index contributed by atoms with van der Waals surface area (Å²) in [6, 6.07) is 8.33. The van der Waals surface area contributed by atoms with E-state index in [1.165, 1.54) is 6.39 Å². The normalized spacial score (nSPS) is 21.1. The number of piperazine rings is 1. The number of pyridine rings is 1. The molecule has 2 aromatic heterocycles. The Morgan fingerprint density at radius 3 is 2.79 bits per heavy atom. The van der Waals surface area contributed by atoms with Crippen LogP contribution in [0.2, 0.25) is 0 Å². The lowest BCUT2D eigenvalue weighted by Crippen LogP contribution is -2.56. The number of carbonyl (C=O) groups excluding carboxylic acids is 1. The molecule has 3 heterocycles. The average molecular weight is 446 g/mol. The summed E-state index contributed by atoms with van der Waals surface area (Å²) in [6.45, 7) is 4.51. The molecule has 7 heteroatoms. The van der Waals surface area contributed by atoms with Gasteiger partial charge in [0.2, 0.25) is 5.91 Å². The van der Waals surface area contributed by atoms with Crippen molar-refractivity contribution in [1.29, 1.82) is 0 Å². The predicted molar refractivity (Wildman–Crippen MR) is 129 cm³/mol.